The molecule has 4 nitrogen and oxygen atoms in total. The molecule has 3 aromatic rings. The van der Waals surface area contributed by atoms with Gasteiger partial charge in [-0.05, 0) is 35.9 Å². The summed E-state index contributed by atoms with van der Waals surface area (Å²) < 4.78 is 84.8. The van der Waals surface area contributed by atoms with E-state index in [4.69, 9.17) is 5.26 Å². The van der Waals surface area contributed by atoms with Gasteiger partial charge < -0.3 is 9.47 Å². The Morgan fingerprint density at radius 1 is 0.742 bits per heavy atom. The van der Waals surface area contributed by atoms with Crippen molar-refractivity contribution < 1.29 is 35.8 Å². The number of pyridine rings is 1. The van der Waals surface area contributed by atoms with Crippen LogP contribution in [0.4, 0.5) is 26.3 Å². The molecule has 0 saturated carbocycles. The van der Waals surface area contributed by atoms with Crippen LogP contribution in [0.5, 0.6) is 11.5 Å². The molecule has 0 saturated heterocycles. The zero-order valence-electron chi connectivity index (χ0n) is 15.5. The highest BCUT2D eigenvalue weighted by atomic mass is 19.4. The molecule has 0 unspecified atom stereocenters. The summed E-state index contributed by atoms with van der Waals surface area (Å²) in [7, 11) is 0. The summed E-state index contributed by atoms with van der Waals surface area (Å²) in [6.45, 7) is 0. The van der Waals surface area contributed by atoms with Crippen molar-refractivity contribution in [2.24, 2.45) is 0 Å². The predicted molar refractivity (Wildman–Crippen MR) is 97.8 cm³/mol. The first-order chi connectivity index (χ1) is 14.6. The van der Waals surface area contributed by atoms with Crippen molar-refractivity contribution in [3.8, 4) is 40.1 Å². The van der Waals surface area contributed by atoms with Gasteiger partial charge in [0.1, 0.15) is 11.5 Å². The normalized spacial score (nSPS) is 11.6. The lowest BCUT2D eigenvalue weighted by atomic mass is 10.0. The molecule has 1 heterocycles. The van der Waals surface area contributed by atoms with Gasteiger partial charge >= 0.3 is 12.7 Å². The lowest BCUT2D eigenvalue weighted by molar-refractivity contribution is -0.275. The number of para-hydroxylation sites is 2. The van der Waals surface area contributed by atoms with Crippen molar-refractivity contribution in [1.29, 1.82) is 5.26 Å². The van der Waals surface area contributed by atoms with Gasteiger partial charge in [-0.15, -0.1) is 26.3 Å². The topological polar surface area (TPSA) is 55.1 Å². The molecule has 0 N–H and O–H groups in total. The molecule has 2 aromatic carbocycles. The molecule has 0 amide bonds. The third-order valence-electron chi connectivity index (χ3n) is 4.00. The molecule has 0 spiro atoms. The van der Waals surface area contributed by atoms with Gasteiger partial charge in [-0.2, -0.15) is 5.26 Å². The summed E-state index contributed by atoms with van der Waals surface area (Å²) >= 11 is 0. The van der Waals surface area contributed by atoms with Gasteiger partial charge in [0, 0.05) is 11.1 Å². The number of alkyl halides is 6. The van der Waals surface area contributed by atoms with Crippen LogP contribution in [0.25, 0.3) is 22.5 Å². The fraction of sp³-hybridized carbons (Fsp3) is 0.143. The Morgan fingerprint density at radius 2 is 1.26 bits per heavy atom. The standard InChI is InChI=1S/C21H12F6N2O2/c22-20(23,24)30-17-7-3-1-5-14(17)16-10-9-13(11-12-28)19(29-16)15-6-2-4-8-18(15)31-21(25,26)27/h1-10H,11H2. The molecule has 0 bridgehead atoms. The van der Waals surface area contributed by atoms with Gasteiger partial charge in [-0.3, -0.25) is 0 Å². The van der Waals surface area contributed by atoms with Gasteiger partial charge in [0.25, 0.3) is 0 Å². The van der Waals surface area contributed by atoms with Crippen LogP contribution in [0, 0.1) is 11.3 Å². The quantitative estimate of drug-likeness (QED) is 0.440. The average Bonchev–Trinajstić information content (AvgIpc) is 2.67. The first kappa shape index (κ1) is 22.0. The zero-order chi connectivity index (χ0) is 22.6. The van der Waals surface area contributed by atoms with Crippen LogP contribution in [0.3, 0.4) is 0 Å². The van der Waals surface area contributed by atoms with Crippen LogP contribution in [-0.4, -0.2) is 17.7 Å². The van der Waals surface area contributed by atoms with Crippen LogP contribution in [0.2, 0.25) is 0 Å². The molecule has 0 atom stereocenters. The van der Waals surface area contributed by atoms with E-state index >= 15 is 0 Å². The van der Waals surface area contributed by atoms with Crippen molar-refractivity contribution in [2.75, 3.05) is 0 Å². The lowest BCUT2D eigenvalue weighted by Gasteiger charge is -2.16. The number of halogens is 6. The molecule has 0 aliphatic heterocycles. The van der Waals surface area contributed by atoms with Crippen molar-refractivity contribution >= 4 is 0 Å². The molecule has 10 heteroatoms. The fourth-order valence-electron chi connectivity index (χ4n) is 2.87. The second-order valence-electron chi connectivity index (χ2n) is 6.13. The second-order valence-corrected chi connectivity index (χ2v) is 6.13. The molecule has 1 aromatic heterocycles. The predicted octanol–water partition coefficient (Wildman–Crippen LogP) is 6.28. The summed E-state index contributed by atoms with van der Waals surface area (Å²) in [5.74, 6) is -1.08. The zero-order valence-corrected chi connectivity index (χ0v) is 15.5. The van der Waals surface area contributed by atoms with E-state index in [2.05, 4.69) is 14.5 Å². The number of hydrogen-bond acceptors (Lipinski definition) is 4. The monoisotopic (exact) mass is 438 g/mol. The van der Waals surface area contributed by atoms with E-state index in [0.29, 0.717) is 0 Å². The fourth-order valence-corrected chi connectivity index (χ4v) is 2.87. The van der Waals surface area contributed by atoms with Gasteiger partial charge in [0.15, 0.2) is 0 Å². The van der Waals surface area contributed by atoms with Gasteiger partial charge in [-0.1, -0.05) is 30.3 Å². The minimum Gasteiger partial charge on any atom is -0.405 e. The Morgan fingerprint density at radius 3 is 1.81 bits per heavy atom. The Labute approximate surface area is 172 Å². The summed E-state index contributed by atoms with van der Waals surface area (Å²) in [6, 6.07) is 15.0. The third kappa shape index (κ3) is 5.66. The number of nitrogens with zero attached hydrogens (tertiary/aromatic N) is 2. The van der Waals surface area contributed by atoms with Crippen molar-refractivity contribution in [3.63, 3.8) is 0 Å². The maximum atomic E-state index is 12.8. The number of rotatable bonds is 5. The highest BCUT2D eigenvalue weighted by Crippen LogP contribution is 2.38. The molecule has 0 radical (unpaired) electrons. The molecule has 0 aliphatic rings. The SMILES string of the molecule is N#CCc1ccc(-c2ccccc2OC(F)(F)F)nc1-c1ccccc1OC(F)(F)F. The lowest BCUT2D eigenvalue weighted by Crippen LogP contribution is -2.18. The Hall–Kier alpha value is -3.74. The molecule has 160 valence electrons. The number of benzene rings is 2. The van der Waals surface area contributed by atoms with Crippen LogP contribution in [0.1, 0.15) is 5.56 Å². The molecule has 3 rings (SSSR count). The summed E-state index contributed by atoms with van der Waals surface area (Å²) in [5, 5.41) is 9.07. The number of hydrogen-bond donors (Lipinski definition) is 0. The minimum atomic E-state index is -4.98. The molecule has 0 aliphatic carbocycles. The summed E-state index contributed by atoms with van der Waals surface area (Å²) in [4.78, 5) is 4.27. The summed E-state index contributed by atoms with van der Waals surface area (Å²) in [5.41, 5.74) is 0.165. The molecule has 0 fully saturated rings. The van der Waals surface area contributed by atoms with Crippen LogP contribution < -0.4 is 9.47 Å². The number of ether oxygens (including phenoxy) is 2. The smallest absolute Gasteiger partial charge is 0.405 e. The second kappa shape index (κ2) is 8.55. The largest absolute Gasteiger partial charge is 0.573 e. The van der Waals surface area contributed by atoms with E-state index < -0.39 is 24.2 Å². The highest BCUT2D eigenvalue weighted by molar-refractivity contribution is 5.75. The van der Waals surface area contributed by atoms with E-state index in [1.165, 1.54) is 48.5 Å². The molecular formula is C21H12F6N2O2. The Bertz CT molecular complexity index is 1120. The van der Waals surface area contributed by atoms with Crippen molar-refractivity contribution in [1.82, 2.24) is 4.98 Å². The van der Waals surface area contributed by atoms with Crippen molar-refractivity contribution in [2.45, 2.75) is 19.1 Å². The van der Waals surface area contributed by atoms with Crippen LogP contribution >= 0.6 is 0 Å². The number of aromatic nitrogens is 1. The Balaban J connectivity index is 2.17. The van der Waals surface area contributed by atoms with Crippen LogP contribution in [0.15, 0.2) is 60.7 Å². The maximum absolute atomic E-state index is 12.8. The highest BCUT2D eigenvalue weighted by Gasteiger charge is 2.33. The van der Waals surface area contributed by atoms with Gasteiger partial charge in [-0.25, -0.2) is 4.98 Å². The van der Waals surface area contributed by atoms with E-state index in [-0.39, 0.29) is 34.5 Å². The Kier molecular flexibility index (Phi) is 6.06. The first-order valence-corrected chi connectivity index (χ1v) is 8.64. The summed E-state index contributed by atoms with van der Waals surface area (Å²) in [6.07, 6.45) is -10.1. The van der Waals surface area contributed by atoms with Gasteiger partial charge in [0.05, 0.1) is 23.9 Å². The molecule has 31 heavy (non-hydrogen) atoms. The van der Waals surface area contributed by atoms with E-state index in [1.54, 1.807) is 0 Å². The van der Waals surface area contributed by atoms with Crippen LogP contribution in [-0.2, 0) is 6.42 Å². The minimum absolute atomic E-state index is 0.0124. The van der Waals surface area contributed by atoms with Gasteiger partial charge in [0.2, 0.25) is 0 Å². The average molecular weight is 438 g/mol. The van der Waals surface area contributed by atoms with E-state index in [1.807, 2.05) is 6.07 Å². The third-order valence-corrected chi connectivity index (χ3v) is 4.00. The maximum Gasteiger partial charge on any atom is 0.573 e. The van der Waals surface area contributed by atoms with E-state index in [9.17, 15) is 26.3 Å². The van der Waals surface area contributed by atoms with E-state index in [0.717, 1.165) is 12.1 Å². The molecular weight excluding hydrogens is 426 g/mol. The first-order valence-electron chi connectivity index (χ1n) is 8.64. The van der Waals surface area contributed by atoms with Crippen molar-refractivity contribution in [3.05, 3.63) is 66.2 Å². The number of nitriles is 1.